The van der Waals surface area contributed by atoms with Crippen molar-refractivity contribution in [1.82, 2.24) is 9.62 Å². The van der Waals surface area contributed by atoms with Crippen LogP contribution in [-0.4, -0.2) is 62.6 Å². The summed E-state index contributed by atoms with van der Waals surface area (Å²) in [4.78, 5) is 22.4. The first-order valence-corrected chi connectivity index (χ1v) is 8.33. The Bertz CT molecular complexity index is 653. The lowest BCUT2D eigenvalue weighted by Gasteiger charge is -2.32. The highest BCUT2D eigenvalue weighted by atomic mass is 32.2. The molecule has 1 aliphatic heterocycles. The average molecular weight is 334 g/mol. The van der Waals surface area contributed by atoms with E-state index in [0.29, 0.717) is 0 Å². The molecule has 1 aliphatic rings. The van der Waals surface area contributed by atoms with Gasteiger partial charge in [0.15, 0.2) is 0 Å². The number of carbonyl (C=O) groups excluding carboxylic acids is 1. The monoisotopic (exact) mass is 334 g/mol. The number of nitrogens with zero attached hydrogens (tertiary/aromatic N) is 1. The molecule has 1 saturated heterocycles. The molecule has 1 atom stereocenters. The molecule has 8 nitrogen and oxygen atoms in total. The Labute approximate surface area is 125 Å². The van der Waals surface area contributed by atoms with Crippen LogP contribution in [0.3, 0.4) is 0 Å². The third-order valence-electron chi connectivity index (χ3n) is 3.02. The summed E-state index contributed by atoms with van der Waals surface area (Å²) in [5, 5.41) is 12.5. The van der Waals surface area contributed by atoms with E-state index in [1.807, 2.05) is 0 Å². The maximum Gasteiger partial charge on any atom is 0.345 e. The molecule has 0 spiro atoms. The van der Waals surface area contributed by atoms with Crippen LogP contribution in [0.2, 0.25) is 0 Å². The van der Waals surface area contributed by atoms with Crippen LogP contribution >= 0.6 is 11.3 Å². The highest BCUT2D eigenvalue weighted by Crippen LogP contribution is 2.25. The van der Waals surface area contributed by atoms with E-state index in [1.54, 1.807) is 0 Å². The maximum absolute atomic E-state index is 12.6. The van der Waals surface area contributed by atoms with Crippen molar-refractivity contribution in [3.8, 4) is 0 Å². The van der Waals surface area contributed by atoms with E-state index < -0.39 is 27.9 Å². The molecule has 1 fully saturated rings. The third kappa shape index (κ3) is 3.07. The van der Waals surface area contributed by atoms with Crippen molar-refractivity contribution >= 4 is 33.2 Å². The van der Waals surface area contributed by atoms with Crippen LogP contribution in [0.25, 0.3) is 0 Å². The number of morpholine rings is 1. The van der Waals surface area contributed by atoms with Gasteiger partial charge >= 0.3 is 5.97 Å². The summed E-state index contributed by atoms with van der Waals surface area (Å²) in [6.07, 6.45) is 0. The molecule has 2 heterocycles. The van der Waals surface area contributed by atoms with E-state index >= 15 is 0 Å². The Hall–Kier alpha value is -1.49. The van der Waals surface area contributed by atoms with Gasteiger partial charge in [0.2, 0.25) is 15.9 Å². The van der Waals surface area contributed by atoms with E-state index in [2.05, 4.69) is 5.32 Å². The minimum atomic E-state index is -3.94. The fourth-order valence-electron chi connectivity index (χ4n) is 1.95. The fourth-order valence-corrected chi connectivity index (χ4v) is 4.61. The van der Waals surface area contributed by atoms with Crippen molar-refractivity contribution in [1.29, 1.82) is 0 Å². The Balaban J connectivity index is 2.35. The van der Waals surface area contributed by atoms with E-state index in [-0.39, 0.29) is 29.5 Å². The molecule has 116 valence electrons. The number of hydrogen-bond donors (Lipinski definition) is 2. The molecule has 0 saturated carbocycles. The molecule has 0 aromatic carbocycles. The molecule has 1 aromatic heterocycles. The first kappa shape index (κ1) is 15.9. The Morgan fingerprint density at radius 3 is 2.81 bits per heavy atom. The largest absolute Gasteiger partial charge is 0.477 e. The summed E-state index contributed by atoms with van der Waals surface area (Å²) in [6, 6.07) is 0.139. The number of carboxylic acid groups (broad SMARTS) is 1. The van der Waals surface area contributed by atoms with Crippen molar-refractivity contribution in [2.45, 2.75) is 10.9 Å². The molecule has 0 bridgehead atoms. The van der Waals surface area contributed by atoms with Crippen LogP contribution in [0.4, 0.5) is 0 Å². The zero-order valence-corrected chi connectivity index (χ0v) is 12.7. The molecule has 0 aliphatic carbocycles. The topological polar surface area (TPSA) is 113 Å². The molecule has 1 unspecified atom stereocenters. The number of carboxylic acids is 1. The third-order valence-corrected chi connectivity index (χ3v) is 5.97. The smallest absolute Gasteiger partial charge is 0.345 e. The Morgan fingerprint density at radius 1 is 1.52 bits per heavy atom. The van der Waals surface area contributed by atoms with Crippen molar-refractivity contribution in [3.05, 3.63) is 16.3 Å². The zero-order valence-electron chi connectivity index (χ0n) is 11.1. The van der Waals surface area contributed by atoms with Gasteiger partial charge in [-0.05, 0) is 6.07 Å². The van der Waals surface area contributed by atoms with Gasteiger partial charge in [-0.2, -0.15) is 4.31 Å². The van der Waals surface area contributed by atoms with Gasteiger partial charge in [0.05, 0.1) is 18.1 Å². The first-order valence-electron chi connectivity index (χ1n) is 6.01. The quantitative estimate of drug-likeness (QED) is 0.773. The number of amides is 1. The normalized spacial score (nSPS) is 20.1. The van der Waals surface area contributed by atoms with Crippen molar-refractivity contribution in [3.63, 3.8) is 0 Å². The second-order valence-electron chi connectivity index (χ2n) is 4.27. The van der Waals surface area contributed by atoms with Crippen LogP contribution in [0, 0.1) is 0 Å². The second-order valence-corrected chi connectivity index (χ2v) is 7.07. The maximum atomic E-state index is 12.6. The number of aromatic carboxylic acids is 1. The van der Waals surface area contributed by atoms with Gasteiger partial charge in [-0.25, -0.2) is 13.2 Å². The zero-order chi connectivity index (χ0) is 15.6. The van der Waals surface area contributed by atoms with Crippen LogP contribution in [0.1, 0.15) is 9.67 Å². The summed E-state index contributed by atoms with van der Waals surface area (Å²) in [5.74, 6) is -1.65. The Kier molecular flexibility index (Phi) is 4.61. The lowest BCUT2D eigenvalue weighted by Crippen LogP contribution is -2.55. The Morgan fingerprint density at radius 2 is 2.24 bits per heavy atom. The molecule has 1 aromatic rings. The predicted octanol–water partition coefficient (Wildman–Crippen LogP) is -0.418. The average Bonchev–Trinajstić information content (AvgIpc) is 2.97. The van der Waals surface area contributed by atoms with E-state index in [9.17, 15) is 18.0 Å². The van der Waals surface area contributed by atoms with Gasteiger partial charge in [-0.15, -0.1) is 11.3 Å². The van der Waals surface area contributed by atoms with Gasteiger partial charge in [-0.3, -0.25) is 4.79 Å². The van der Waals surface area contributed by atoms with Gasteiger partial charge in [0, 0.05) is 19.0 Å². The lowest BCUT2D eigenvalue weighted by atomic mass is 10.2. The minimum absolute atomic E-state index is 0.0329. The number of rotatable bonds is 4. The molecule has 2 rings (SSSR count). The highest BCUT2D eigenvalue weighted by Gasteiger charge is 2.38. The van der Waals surface area contributed by atoms with Crippen LogP contribution in [0.5, 0.6) is 0 Å². The van der Waals surface area contributed by atoms with Gasteiger partial charge in [0.25, 0.3) is 0 Å². The first-order chi connectivity index (χ1) is 9.87. The van der Waals surface area contributed by atoms with Gasteiger partial charge in [0.1, 0.15) is 10.9 Å². The van der Waals surface area contributed by atoms with E-state index in [0.717, 1.165) is 21.7 Å². The van der Waals surface area contributed by atoms with Crippen LogP contribution in [-0.2, 0) is 19.6 Å². The summed E-state index contributed by atoms with van der Waals surface area (Å²) >= 11 is 0.827. The number of thiophene rings is 1. The van der Waals surface area contributed by atoms with Crippen molar-refractivity contribution in [2.24, 2.45) is 0 Å². The molecule has 1 amide bonds. The SMILES string of the molecule is CNC(=O)C1COCCN1S(=O)(=O)c1csc(C(=O)O)c1. The lowest BCUT2D eigenvalue weighted by molar-refractivity contribution is -0.128. The summed E-state index contributed by atoms with van der Waals surface area (Å²) < 4.78 is 31.3. The molecule has 21 heavy (non-hydrogen) atoms. The summed E-state index contributed by atoms with van der Waals surface area (Å²) in [6.45, 7) is 0.191. The number of sulfonamides is 1. The predicted molar refractivity (Wildman–Crippen MR) is 73.8 cm³/mol. The summed E-state index contributed by atoms with van der Waals surface area (Å²) in [5.41, 5.74) is 0. The van der Waals surface area contributed by atoms with E-state index in [4.69, 9.17) is 9.84 Å². The molecular formula is C11H14N2O6S2. The van der Waals surface area contributed by atoms with Crippen molar-refractivity contribution in [2.75, 3.05) is 26.8 Å². The summed E-state index contributed by atoms with van der Waals surface area (Å²) in [7, 11) is -2.53. The minimum Gasteiger partial charge on any atom is -0.477 e. The standard InChI is InChI=1S/C11H14N2O6S2/c1-12-10(14)8-5-19-3-2-13(8)21(17,18)7-4-9(11(15)16)20-6-7/h4,6,8H,2-3,5H2,1H3,(H,12,14)(H,15,16). The van der Waals surface area contributed by atoms with Crippen molar-refractivity contribution < 1.29 is 27.9 Å². The van der Waals surface area contributed by atoms with Crippen LogP contribution < -0.4 is 5.32 Å². The molecule has 2 N–H and O–H groups in total. The highest BCUT2D eigenvalue weighted by molar-refractivity contribution is 7.89. The number of likely N-dealkylation sites (N-methyl/N-ethyl adjacent to an activating group) is 1. The number of nitrogens with one attached hydrogen (secondary N) is 1. The number of ether oxygens (including phenoxy) is 1. The molecular weight excluding hydrogens is 320 g/mol. The van der Waals surface area contributed by atoms with Gasteiger partial charge < -0.3 is 15.2 Å². The van der Waals surface area contributed by atoms with Gasteiger partial charge in [-0.1, -0.05) is 0 Å². The second kappa shape index (κ2) is 6.10. The molecule has 0 radical (unpaired) electrons. The molecule has 10 heteroatoms. The number of hydrogen-bond acceptors (Lipinski definition) is 6. The fraction of sp³-hybridized carbons (Fsp3) is 0.455. The number of carbonyl (C=O) groups is 2. The van der Waals surface area contributed by atoms with E-state index in [1.165, 1.54) is 12.4 Å². The van der Waals surface area contributed by atoms with Crippen LogP contribution in [0.15, 0.2) is 16.3 Å².